The summed E-state index contributed by atoms with van der Waals surface area (Å²) in [7, 11) is 0. The molecule has 1 atom stereocenters. The summed E-state index contributed by atoms with van der Waals surface area (Å²) >= 11 is 1.79. The lowest BCUT2D eigenvalue weighted by Crippen LogP contribution is -2.18. The molecule has 2 aromatic rings. The van der Waals surface area contributed by atoms with Gasteiger partial charge in [-0.25, -0.2) is 4.98 Å². The molecule has 0 aliphatic rings. The van der Waals surface area contributed by atoms with Crippen LogP contribution in [0.15, 0.2) is 24.4 Å². The third-order valence-electron chi connectivity index (χ3n) is 2.98. The summed E-state index contributed by atoms with van der Waals surface area (Å²) < 4.78 is 0. The van der Waals surface area contributed by atoms with E-state index in [9.17, 15) is 10.1 Å². The molecule has 1 unspecified atom stereocenters. The third-order valence-corrected chi connectivity index (χ3v) is 4.00. The Morgan fingerprint density at radius 1 is 1.45 bits per heavy atom. The van der Waals surface area contributed by atoms with Crippen LogP contribution in [0.5, 0.6) is 0 Å². The molecule has 20 heavy (non-hydrogen) atoms. The van der Waals surface area contributed by atoms with Crippen molar-refractivity contribution in [2.75, 3.05) is 5.32 Å². The maximum atomic E-state index is 10.7. The second-order valence-corrected chi connectivity index (χ2v) is 6.25. The van der Waals surface area contributed by atoms with E-state index in [4.69, 9.17) is 0 Å². The molecular weight excluding hydrogens is 274 g/mol. The van der Waals surface area contributed by atoms with E-state index in [1.165, 1.54) is 16.0 Å². The van der Waals surface area contributed by atoms with E-state index in [1.807, 2.05) is 0 Å². The molecule has 2 heterocycles. The second kappa shape index (κ2) is 6.00. The molecule has 106 valence electrons. The van der Waals surface area contributed by atoms with Crippen LogP contribution < -0.4 is 5.32 Å². The van der Waals surface area contributed by atoms with Crippen LogP contribution in [0.25, 0.3) is 0 Å². The fourth-order valence-corrected chi connectivity index (χ4v) is 3.04. The number of aromatic nitrogens is 1. The van der Waals surface area contributed by atoms with E-state index in [1.54, 1.807) is 24.3 Å². The summed E-state index contributed by atoms with van der Waals surface area (Å²) in [5.74, 6) is 0.675. The van der Waals surface area contributed by atoms with E-state index in [0.717, 1.165) is 6.42 Å². The van der Waals surface area contributed by atoms with Crippen molar-refractivity contribution in [1.82, 2.24) is 4.98 Å². The van der Waals surface area contributed by atoms with Gasteiger partial charge in [-0.05, 0) is 39.0 Å². The topological polar surface area (TPSA) is 68.1 Å². The fourth-order valence-electron chi connectivity index (χ4n) is 2.02. The number of nitrogens with zero attached hydrogens (tertiary/aromatic N) is 2. The van der Waals surface area contributed by atoms with Gasteiger partial charge in [0.1, 0.15) is 12.0 Å². The lowest BCUT2D eigenvalue weighted by Gasteiger charge is -2.13. The lowest BCUT2D eigenvalue weighted by atomic mass is 10.2. The number of nitro groups is 1. The summed E-state index contributed by atoms with van der Waals surface area (Å²) in [6, 6.07) is 6.18. The van der Waals surface area contributed by atoms with Crippen LogP contribution in [-0.4, -0.2) is 15.9 Å². The van der Waals surface area contributed by atoms with Gasteiger partial charge in [0, 0.05) is 27.8 Å². The van der Waals surface area contributed by atoms with Crippen molar-refractivity contribution in [3.05, 3.63) is 49.8 Å². The van der Waals surface area contributed by atoms with Gasteiger partial charge < -0.3 is 5.32 Å². The fraction of sp³-hybridized carbons (Fsp3) is 0.357. The number of hydrogen-bond donors (Lipinski definition) is 1. The average molecular weight is 291 g/mol. The smallest absolute Gasteiger partial charge is 0.290 e. The van der Waals surface area contributed by atoms with Crippen LogP contribution in [0.3, 0.4) is 0 Å². The molecule has 2 aromatic heterocycles. The zero-order valence-corrected chi connectivity index (χ0v) is 12.5. The molecule has 0 fully saturated rings. The standard InChI is InChI=1S/C14H17N3O2S/c1-9-6-14(15-8-13(9)17(18)19)16-10(2)7-12-5-4-11(3)20-12/h4-6,8,10H,7H2,1-3H3,(H,15,16). The highest BCUT2D eigenvalue weighted by Gasteiger charge is 2.12. The van der Waals surface area contributed by atoms with Gasteiger partial charge in [0.25, 0.3) is 5.69 Å². The third kappa shape index (κ3) is 3.54. The first-order chi connectivity index (χ1) is 9.45. The highest BCUT2D eigenvalue weighted by atomic mass is 32.1. The molecular formula is C14H17N3O2S. The van der Waals surface area contributed by atoms with Gasteiger partial charge in [0.05, 0.1) is 4.92 Å². The molecule has 0 aliphatic heterocycles. The summed E-state index contributed by atoms with van der Waals surface area (Å²) in [6.45, 7) is 5.89. The van der Waals surface area contributed by atoms with E-state index < -0.39 is 4.92 Å². The number of nitrogens with one attached hydrogen (secondary N) is 1. The number of aryl methyl sites for hydroxylation is 2. The lowest BCUT2D eigenvalue weighted by molar-refractivity contribution is -0.385. The Hall–Kier alpha value is -1.95. The predicted molar refractivity (Wildman–Crippen MR) is 81.5 cm³/mol. The van der Waals surface area contributed by atoms with Gasteiger partial charge in [-0.3, -0.25) is 10.1 Å². The van der Waals surface area contributed by atoms with Gasteiger partial charge in [0.2, 0.25) is 0 Å². The van der Waals surface area contributed by atoms with Gasteiger partial charge in [-0.15, -0.1) is 11.3 Å². The summed E-state index contributed by atoms with van der Waals surface area (Å²) in [5.41, 5.74) is 0.670. The minimum Gasteiger partial charge on any atom is -0.367 e. The number of pyridine rings is 1. The van der Waals surface area contributed by atoms with Crippen molar-refractivity contribution in [1.29, 1.82) is 0 Å². The molecule has 0 bridgehead atoms. The first kappa shape index (κ1) is 14.5. The summed E-state index contributed by atoms with van der Waals surface area (Å²) in [4.78, 5) is 17.1. The van der Waals surface area contributed by atoms with Crippen molar-refractivity contribution in [3.63, 3.8) is 0 Å². The Labute approximate surface area is 121 Å². The normalized spacial score (nSPS) is 12.2. The molecule has 2 rings (SSSR count). The Balaban J connectivity index is 2.02. The molecule has 0 spiro atoms. The SMILES string of the molecule is Cc1ccc(CC(C)Nc2cc(C)c([N+](=O)[O-])cn2)s1. The van der Waals surface area contributed by atoms with Crippen molar-refractivity contribution < 1.29 is 4.92 Å². The summed E-state index contributed by atoms with van der Waals surface area (Å²) in [6.07, 6.45) is 2.22. The number of rotatable bonds is 5. The van der Waals surface area contributed by atoms with E-state index >= 15 is 0 Å². The number of hydrogen-bond acceptors (Lipinski definition) is 5. The first-order valence-corrected chi connectivity index (χ1v) is 7.20. The minimum absolute atomic E-state index is 0.0529. The summed E-state index contributed by atoms with van der Waals surface area (Å²) in [5, 5.41) is 14.0. The number of anilines is 1. The Morgan fingerprint density at radius 3 is 2.75 bits per heavy atom. The van der Waals surface area contributed by atoms with E-state index in [-0.39, 0.29) is 11.7 Å². The van der Waals surface area contributed by atoms with E-state index in [0.29, 0.717) is 11.4 Å². The Kier molecular flexibility index (Phi) is 4.34. The zero-order valence-electron chi connectivity index (χ0n) is 11.7. The van der Waals surface area contributed by atoms with Crippen molar-refractivity contribution in [3.8, 4) is 0 Å². The van der Waals surface area contributed by atoms with Crippen LogP contribution in [0.4, 0.5) is 11.5 Å². The van der Waals surface area contributed by atoms with Crippen LogP contribution >= 0.6 is 11.3 Å². The van der Waals surface area contributed by atoms with Gasteiger partial charge >= 0.3 is 0 Å². The van der Waals surface area contributed by atoms with Gasteiger partial charge in [-0.2, -0.15) is 0 Å². The molecule has 0 aliphatic carbocycles. The molecule has 0 amide bonds. The molecule has 0 saturated heterocycles. The van der Waals surface area contributed by atoms with Gasteiger partial charge in [0.15, 0.2) is 0 Å². The van der Waals surface area contributed by atoms with Crippen molar-refractivity contribution in [2.45, 2.75) is 33.2 Å². The predicted octanol–water partition coefficient (Wildman–Crippen LogP) is 3.71. The van der Waals surface area contributed by atoms with Crippen molar-refractivity contribution in [2.24, 2.45) is 0 Å². The largest absolute Gasteiger partial charge is 0.367 e. The maximum Gasteiger partial charge on any atom is 0.290 e. The van der Waals surface area contributed by atoms with Crippen LogP contribution in [-0.2, 0) is 6.42 Å². The zero-order chi connectivity index (χ0) is 14.7. The monoisotopic (exact) mass is 291 g/mol. The van der Waals surface area contributed by atoms with Crippen LogP contribution in [0.2, 0.25) is 0 Å². The van der Waals surface area contributed by atoms with Crippen LogP contribution in [0, 0.1) is 24.0 Å². The Morgan fingerprint density at radius 2 is 2.20 bits per heavy atom. The number of thiophene rings is 1. The second-order valence-electron chi connectivity index (χ2n) is 4.88. The van der Waals surface area contributed by atoms with E-state index in [2.05, 4.69) is 36.3 Å². The minimum atomic E-state index is -0.413. The molecule has 1 N–H and O–H groups in total. The first-order valence-electron chi connectivity index (χ1n) is 6.38. The highest BCUT2D eigenvalue weighted by molar-refractivity contribution is 7.11. The molecule has 6 heteroatoms. The average Bonchev–Trinajstić information content (AvgIpc) is 2.74. The molecule has 0 aromatic carbocycles. The maximum absolute atomic E-state index is 10.7. The van der Waals surface area contributed by atoms with Crippen molar-refractivity contribution >= 4 is 22.8 Å². The molecule has 0 radical (unpaired) electrons. The van der Waals surface area contributed by atoms with Gasteiger partial charge in [-0.1, -0.05) is 0 Å². The van der Waals surface area contributed by atoms with Crippen LogP contribution in [0.1, 0.15) is 22.2 Å². The molecule has 5 nitrogen and oxygen atoms in total. The quantitative estimate of drug-likeness (QED) is 0.673. The molecule has 0 saturated carbocycles. The highest BCUT2D eigenvalue weighted by Crippen LogP contribution is 2.21. The Bertz CT molecular complexity index is 625.